The molecule has 1 N–H and O–H groups in total. The van der Waals surface area contributed by atoms with Crippen LogP contribution in [0.3, 0.4) is 0 Å². The summed E-state index contributed by atoms with van der Waals surface area (Å²) >= 11 is 0. The molecule has 0 unspecified atom stereocenters. The highest BCUT2D eigenvalue weighted by Gasteiger charge is 2.12. The van der Waals surface area contributed by atoms with Crippen molar-refractivity contribution in [2.24, 2.45) is 7.05 Å². The van der Waals surface area contributed by atoms with Crippen LogP contribution in [0.1, 0.15) is 6.42 Å². The van der Waals surface area contributed by atoms with Crippen LogP contribution < -0.4 is 15.7 Å². The molecule has 1 amide bonds. The van der Waals surface area contributed by atoms with Gasteiger partial charge in [-0.3, -0.25) is 13.9 Å². The highest BCUT2D eigenvalue weighted by molar-refractivity contribution is 5.92. The Balaban J connectivity index is 1.76. The Morgan fingerprint density at radius 3 is 2.50 bits per heavy atom. The summed E-state index contributed by atoms with van der Waals surface area (Å²) < 4.78 is 8.43. The average Bonchev–Trinajstić information content (AvgIpc) is 2.85. The number of aryl methyl sites for hydroxylation is 2. The lowest BCUT2D eigenvalue weighted by Gasteiger charge is -2.10. The maximum Gasteiger partial charge on any atom is 0.328 e. The van der Waals surface area contributed by atoms with Crippen molar-refractivity contribution in [3.63, 3.8) is 0 Å². The van der Waals surface area contributed by atoms with E-state index in [0.29, 0.717) is 18.0 Å². The van der Waals surface area contributed by atoms with Crippen molar-refractivity contribution in [3.8, 4) is 5.75 Å². The summed E-state index contributed by atoms with van der Waals surface area (Å²) in [5.74, 6) is 0.438. The Morgan fingerprint density at radius 1 is 1.08 bits per heavy atom. The number of ether oxygens (including phenoxy) is 1. The molecule has 3 aromatic rings. The van der Waals surface area contributed by atoms with Crippen molar-refractivity contribution in [3.05, 3.63) is 59.0 Å². The van der Waals surface area contributed by atoms with Gasteiger partial charge in [-0.15, -0.1) is 0 Å². The topological polar surface area (TPSA) is 65.3 Å². The number of fused-ring (bicyclic) bond motifs is 1. The predicted molar refractivity (Wildman–Crippen MR) is 93.4 cm³/mol. The van der Waals surface area contributed by atoms with Gasteiger partial charge < -0.3 is 10.1 Å². The van der Waals surface area contributed by atoms with Gasteiger partial charge in [0.05, 0.1) is 23.8 Å². The number of para-hydroxylation sites is 4. The Labute approximate surface area is 139 Å². The third-order valence-corrected chi connectivity index (χ3v) is 4.00. The Kier molecular flexibility index (Phi) is 4.37. The van der Waals surface area contributed by atoms with Crippen LogP contribution in [-0.4, -0.2) is 22.2 Å². The highest BCUT2D eigenvalue weighted by Crippen LogP contribution is 2.23. The first-order valence-corrected chi connectivity index (χ1v) is 7.69. The van der Waals surface area contributed by atoms with E-state index in [1.165, 1.54) is 0 Å². The molecule has 0 saturated carbocycles. The number of methoxy groups -OCH3 is 1. The molecular weight excluding hydrogens is 306 g/mol. The quantitative estimate of drug-likeness (QED) is 0.783. The summed E-state index contributed by atoms with van der Waals surface area (Å²) in [5, 5.41) is 2.82. The van der Waals surface area contributed by atoms with E-state index in [1.54, 1.807) is 35.4 Å². The molecule has 0 bridgehead atoms. The van der Waals surface area contributed by atoms with Crippen LogP contribution in [0.25, 0.3) is 11.0 Å². The molecule has 0 fully saturated rings. The summed E-state index contributed by atoms with van der Waals surface area (Å²) in [6.07, 6.45) is 0.200. The van der Waals surface area contributed by atoms with E-state index in [-0.39, 0.29) is 18.0 Å². The smallest absolute Gasteiger partial charge is 0.328 e. The van der Waals surface area contributed by atoms with Crippen LogP contribution in [0, 0.1) is 0 Å². The van der Waals surface area contributed by atoms with Gasteiger partial charge in [-0.05, 0) is 24.3 Å². The van der Waals surface area contributed by atoms with Gasteiger partial charge in [0, 0.05) is 20.0 Å². The molecule has 0 aliphatic carbocycles. The van der Waals surface area contributed by atoms with Crippen molar-refractivity contribution in [1.82, 2.24) is 9.13 Å². The molecule has 1 aromatic heterocycles. The first kappa shape index (κ1) is 15.9. The SMILES string of the molecule is COc1ccccc1NC(=O)CCn1c(=O)n(C)c2ccccc21. The number of anilines is 1. The van der Waals surface area contributed by atoms with E-state index in [0.717, 1.165) is 11.0 Å². The first-order chi connectivity index (χ1) is 11.6. The van der Waals surface area contributed by atoms with Crippen LogP contribution in [-0.2, 0) is 18.4 Å². The minimum absolute atomic E-state index is 0.124. The fourth-order valence-corrected chi connectivity index (χ4v) is 2.75. The number of amides is 1. The van der Waals surface area contributed by atoms with Gasteiger partial charge in [0.2, 0.25) is 5.91 Å². The number of imidazole rings is 1. The molecule has 6 heteroatoms. The monoisotopic (exact) mass is 325 g/mol. The summed E-state index contributed by atoms with van der Waals surface area (Å²) in [6, 6.07) is 14.8. The van der Waals surface area contributed by atoms with Crippen LogP contribution in [0.4, 0.5) is 5.69 Å². The number of nitrogens with one attached hydrogen (secondary N) is 1. The second kappa shape index (κ2) is 6.62. The summed E-state index contributed by atoms with van der Waals surface area (Å²) in [4.78, 5) is 24.6. The van der Waals surface area contributed by atoms with Crippen molar-refractivity contribution < 1.29 is 9.53 Å². The van der Waals surface area contributed by atoms with Crippen molar-refractivity contribution in [1.29, 1.82) is 0 Å². The summed E-state index contributed by atoms with van der Waals surface area (Å²) in [6.45, 7) is 0.321. The molecule has 0 saturated heterocycles. The number of hydrogen-bond acceptors (Lipinski definition) is 3. The van der Waals surface area contributed by atoms with Crippen LogP contribution in [0.5, 0.6) is 5.75 Å². The van der Waals surface area contributed by atoms with Gasteiger partial charge in [-0.2, -0.15) is 0 Å². The minimum atomic E-state index is -0.167. The largest absolute Gasteiger partial charge is 0.495 e. The van der Waals surface area contributed by atoms with E-state index in [9.17, 15) is 9.59 Å². The second-order valence-electron chi connectivity index (χ2n) is 5.48. The maximum absolute atomic E-state index is 12.3. The third kappa shape index (κ3) is 2.90. The maximum atomic E-state index is 12.3. The van der Waals surface area contributed by atoms with Crippen LogP contribution in [0.2, 0.25) is 0 Å². The normalized spacial score (nSPS) is 10.8. The first-order valence-electron chi connectivity index (χ1n) is 7.69. The zero-order valence-corrected chi connectivity index (χ0v) is 13.7. The molecule has 0 spiro atoms. The molecule has 2 aromatic carbocycles. The van der Waals surface area contributed by atoms with Gasteiger partial charge in [-0.1, -0.05) is 24.3 Å². The van der Waals surface area contributed by atoms with Crippen molar-refractivity contribution >= 4 is 22.6 Å². The summed E-state index contributed by atoms with van der Waals surface area (Å²) in [5.41, 5.74) is 2.18. The van der Waals surface area contributed by atoms with Crippen LogP contribution >= 0.6 is 0 Å². The van der Waals surface area contributed by atoms with Gasteiger partial charge in [0.1, 0.15) is 5.75 Å². The number of aromatic nitrogens is 2. The number of nitrogens with zero attached hydrogens (tertiary/aromatic N) is 2. The fourth-order valence-electron chi connectivity index (χ4n) is 2.75. The van der Waals surface area contributed by atoms with E-state index >= 15 is 0 Å². The average molecular weight is 325 g/mol. The number of rotatable bonds is 5. The van der Waals surface area contributed by atoms with Gasteiger partial charge >= 0.3 is 5.69 Å². The molecule has 6 nitrogen and oxygen atoms in total. The fraction of sp³-hybridized carbons (Fsp3) is 0.222. The van der Waals surface area contributed by atoms with Gasteiger partial charge in [-0.25, -0.2) is 4.79 Å². The van der Waals surface area contributed by atoms with Gasteiger partial charge in [0.25, 0.3) is 0 Å². The van der Waals surface area contributed by atoms with E-state index < -0.39 is 0 Å². The standard InChI is InChI=1S/C18H19N3O3/c1-20-14-8-4-5-9-15(14)21(18(20)23)12-11-17(22)19-13-7-3-6-10-16(13)24-2/h3-10H,11-12H2,1-2H3,(H,19,22). The number of benzene rings is 2. The Hall–Kier alpha value is -3.02. The lowest BCUT2D eigenvalue weighted by Crippen LogP contribution is -2.24. The van der Waals surface area contributed by atoms with E-state index in [1.807, 2.05) is 36.4 Å². The molecule has 24 heavy (non-hydrogen) atoms. The predicted octanol–water partition coefficient (Wildman–Crippen LogP) is 2.38. The van der Waals surface area contributed by atoms with E-state index in [2.05, 4.69) is 5.32 Å². The third-order valence-electron chi connectivity index (χ3n) is 4.00. The molecule has 3 rings (SSSR count). The molecular formula is C18H19N3O3. The number of carbonyl (C=O) groups excluding carboxylic acids is 1. The highest BCUT2D eigenvalue weighted by atomic mass is 16.5. The van der Waals surface area contributed by atoms with E-state index in [4.69, 9.17) is 4.74 Å². The zero-order valence-electron chi connectivity index (χ0n) is 13.7. The lowest BCUT2D eigenvalue weighted by atomic mass is 10.2. The molecule has 0 radical (unpaired) electrons. The van der Waals surface area contributed by atoms with Crippen LogP contribution in [0.15, 0.2) is 53.3 Å². The van der Waals surface area contributed by atoms with Gasteiger partial charge in [0.15, 0.2) is 0 Å². The second-order valence-corrected chi connectivity index (χ2v) is 5.48. The lowest BCUT2D eigenvalue weighted by molar-refractivity contribution is -0.116. The summed E-state index contributed by atoms with van der Waals surface area (Å²) in [7, 11) is 3.29. The molecule has 0 aliphatic heterocycles. The van der Waals surface area contributed by atoms with Crippen molar-refractivity contribution in [2.75, 3.05) is 12.4 Å². The zero-order chi connectivity index (χ0) is 17.1. The van der Waals surface area contributed by atoms with Crippen molar-refractivity contribution in [2.45, 2.75) is 13.0 Å². The Bertz CT molecular complexity index is 940. The number of carbonyl (C=O) groups is 1. The molecule has 0 aliphatic rings. The minimum Gasteiger partial charge on any atom is -0.495 e. The molecule has 124 valence electrons. The molecule has 1 heterocycles. The Morgan fingerprint density at radius 2 is 1.75 bits per heavy atom. The number of hydrogen-bond donors (Lipinski definition) is 1. The molecule has 0 atom stereocenters.